The topological polar surface area (TPSA) is 96.3 Å². The molecule has 0 unspecified atom stereocenters. The van der Waals surface area contributed by atoms with Gasteiger partial charge in [-0.15, -0.1) is 0 Å². The number of amides is 4. The quantitative estimate of drug-likeness (QED) is 0.475. The SMILES string of the molecule is O=C(NCCCn1cnc2ccccc21)c1ccc(CN2C(=O)CNC2=O)cc1. The number of imidazole rings is 1. The number of carbonyl (C=O) groups is 3. The van der Waals surface area contributed by atoms with E-state index in [1.54, 1.807) is 24.3 Å². The summed E-state index contributed by atoms with van der Waals surface area (Å²) in [6.07, 6.45) is 2.60. The predicted molar refractivity (Wildman–Crippen MR) is 107 cm³/mol. The molecule has 0 aliphatic carbocycles. The first kappa shape index (κ1) is 18.7. The summed E-state index contributed by atoms with van der Waals surface area (Å²) in [5.41, 5.74) is 3.38. The van der Waals surface area contributed by atoms with Crippen molar-refractivity contribution < 1.29 is 14.4 Å². The van der Waals surface area contributed by atoms with Crippen LogP contribution in [-0.4, -0.2) is 45.4 Å². The highest BCUT2D eigenvalue weighted by atomic mass is 16.2. The molecule has 148 valence electrons. The standard InChI is InChI=1S/C21H21N5O3/c27-19-12-23-21(29)26(19)13-15-6-8-16(9-7-15)20(28)22-10-3-11-25-14-24-17-4-1-2-5-18(17)25/h1-2,4-9,14H,3,10-13H2,(H,22,28)(H,23,29). The zero-order valence-electron chi connectivity index (χ0n) is 15.8. The van der Waals surface area contributed by atoms with Gasteiger partial charge in [-0.05, 0) is 36.2 Å². The molecule has 29 heavy (non-hydrogen) atoms. The first-order valence-corrected chi connectivity index (χ1v) is 9.47. The van der Waals surface area contributed by atoms with Crippen LogP contribution in [-0.2, 0) is 17.9 Å². The van der Waals surface area contributed by atoms with Crippen LogP contribution in [0.15, 0.2) is 54.9 Å². The van der Waals surface area contributed by atoms with Crippen LogP contribution in [0.4, 0.5) is 4.79 Å². The number of fused-ring (bicyclic) bond motifs is 1. The summed E-state index contributed by atoms with van der Waals surface area (Å²) >= 11 is 0. The number of rotatable bonds is 7. The molecule has 1 aromatic heterocycles. The van der Waals surface area contributed by atoms with E-state index in [4.69, 9.17) is 0 Å². The van der Waals surface area contributed by atoms with Crippen LogP contribution >= 0.6 is 0 Å². The lowest BCUT2D eigenvalue weighted by atomic mass is 10.1. The van der Waals surface area contributed by atoms with E-state index >= 15 is 0 Å². The molecule has 2 aromatic carbocycles. The normalized spacial score (nSPS) is 13.7. The second-order valence-corrected chi connectivity index (χ2v) is 6.87. The molecule has 1 aliphatic rings. The van der Waals surface area contributed by atoms with E-state index in [1.165, 1.54) is 0 Å². The number of imide groups is 1. The Labute approximate surface area is 167 Å². The van der Waals surface area contributed by atoms with E-state index < -0.39 is 0 Å². The van der Waals surface area contributed by atoms with E-state index in [0.717, 1.165) is 34.5 Å². The van der Waals surface area contributed by atoms with Gasteiger partial charge >= 0.3 is 6.03 Å². The zero-order valence-corrected chi connectivity index (χ0v) is 15.8. The van der Waals surface area contributed by atoms with Gasteiger partial charge in [0, 0.05) is 18.7 Å². The van der Waals surface area contributed by atoms with Crippen molar-refractivity contribution in [3.05, 3.63) is 66.0 Å². The number of hydrogen-bond acceptors (Lipinski definition) is 4. The lowest BCUT2D eigenvalue weighted by Gasteiger charge is -2.12. The van der Waals surface area contributed by atoms with E-state index in [1.807, 2.05) is 30.6 Å². The van der Waals surface area contributed by atoms with E-state index in [9.17, 15) is 14.4 Å². The number of para-hydroxylation sites is 2. The zero-order chi connectivity index (χ0) is 20.2. The number of benzene rings is 2. The first-order chi connectivity index (χ1) is 14.1. The molecule has 8 nitrogen and oxygen atoms in total. The lowest BCUT2D eigenvalue weighted by Crippen LogP contribution is -2.30. The first-order valence-electron chi connectivity index (χ1n) is 9.47. The summed E-state index contributed by atoms with van der Waals surface area (Å²) in [7, 11) is 0. The molecule has 1 saturated heterocycles. The molecule has 0 bridgehead atoms. The van der Waals surface area contributed by atoms with Crippen LogP contribution in [0.25, 0.3) is 11.0 Å². The Hall–Kier alpha value is -3.68. The van der Waals surface area contributed by atoms with Gasteiger partial charge in [-0.2, -0.15) is 0 Å². The number of aromatic nitrogens is 2. The number of carbonyl (C=O) groups excluding carboxylic acids is 3. The molecular formula is C21H21N5O3. The van der Waals surface area contributed by atoms with Crippen LogP contribution in [0.1, 0.15) is 22.3 Å². The summed E-state index contributed by atoms with van der Waals surface area (Å²) in [6, 6.07) is 14.5. The molecule has 1 aliphatic heterocycles. The van der Waals surface area contributed by atoms with Crippen molar-refractivity contribution in [3.8, 4) is 0 Å². The fourth-order valence-electron chi connectivity index (χ4n) is 3.30. The van der Waals surface area contributed by atoms with Crippen molar-refractivity contribution in [3.63, 3.8) is 0 Å². The third kappa shape index (κ3) is 4.11. The Morgan fingerprint density at radius 3 is 2.66 bits per heavy atom. The van der Waals surface area contributed by atoms with E-state index in [0.29, 0.717) is 12.1 Å². The second kappa shape index (κ2) is 8.14. The summed E-state index contributed by atoms with van der Waals surface area (Å²) in [5, 5.41) is 5.40. The van der Waals surface area contributed by atoms with Crippen molar-refractivity contribution in [2.24, 2.45) is 0 Å². The number of hydrogen-bond donors (Lipinski definition) is 2. The second-order valence-electron chi connectivity index (χ2n) is 6.87. The summed E-state index contributed by atoms with van der Waals surface area (Å²) < 4.78 is 2.08. The maximum Gasteiger partial charge on any atom is 0.324 e. The van der Waals surface area contributed by atoms with Gasteiger partial charge in [0.1, 0.15) is 0 Å². The Morgan fingerprint density at radius 2 is 1.90 bits per heavy atom. The molecule has 8 heteroatoms. The van der Waals surface area contributed by atoms with Crippen molar-refractivity contribution in [2.75, 3.05) is 13.1 Å². The van der Waals surface area contributed by atoms with Gasteiger partial charge in [-0.25, -0.2) is 9.78 Å². The molecule has 0 radical (unpaired) electrons. The highest BCUT2D eigenvalue weighted by Gasteiger charge is 2.28. The van der Waals surface area contributed by atoms with Gasteiger partial charge in [-0.3, -0.25) is 14.5 Å². The maximum absolute atomic E-state index is 12.3. The van der Waals surface area contributed by atoms with Crippen molar-refractivity contribution in [1.82, 2.24) is 25.1 Å². The van der Waals surface area contributed by atoms with E-state index in [-0.39, 0.29) is 30.9 Å². The maximum atomic E-state index is 12.3. The number of urea groups is 1. The van der Waals surface area contributed by atoms with Crippen molar-refractivity contribution >= 4 is 28.9 Å². The molecule has 3 aromatic rings. The molecule has 0 atom stereocenters. The summed E-state index contributed by atoms with van der Waals surface area (Å²) in [4.78, 5) is 41.1. The van der Waals surface area contributed by atoms with Crippen LogP contribution in [0.5, 0.6) is 0 Å². The average molecular weight is 391 g/mol. The fourth-order valence-corrected chi connectivity index (χ4v) is 3.30. The molecule has 2 N–H and O–H groups in total. The smallest absolute Gasteiger partial charge is 0.324 e. The van der Waals surface area contributed by atoms with Crippen molar-refractivity contribution in [1.29, 1.82) is 0 Å². The number of aryl methyl sites for hydroxylation is 1. The summed E-state index contributed by atoms with van der Waals surface area (Å²) in [5.74, 6) is -0.399. The summed E-state index contributed by atoms with van der Waals surface area (Å²) in [6.45, 7) is 1.56. The molecule has 0 spiro atoms. The third-order valence-electron chi connectivity index (χ3n) is 4.88. The van der Waals surface area contributed by atoms with Crippen molar-refractivity contribution in [2.45, 2.75) is 19.5 Å². The monoisotopic (exact) mass is 391 g/mol. The fraction of sp³-hybridized carbons (Fsp3) is 0.238. The Morgan fingerprint density at radius 1 is 1.10 bits per heavy atom. The predicted octanol–water partition coefficient (Wildman–Crippen LogP) is 1.91. The number of nitrogens with zero attached hydrogens (tertiary/aromatic N) is 3. The minimum atomic E-state index is -0.387. The van der Waals surface area contributed by atoms with Gasteiger partial charge in [0.2, 0.25) is 5.91 Å². The average Bonchev–Trinajstić information content (AvgIpc) is 3.30. The minimum absolute atomic E-state index is 0.0359. The molecule has 4 amide bonds. The third-order valence-corrected chi connectivity index (χ3v) is 4.88. The van der Waals surface area contributed by atoms with Gasteiger partial charge < -0.3 is 15.2 Å². The van der Waals surface area contributed by atoms with Gasteiger partial charge in [-0.1, -0.05) is 24.3 Å². The molecule has 4 rings (SSSR count). The number of nitrogens with one attached hydrogen (secondary N) is 2. The van der Waals surface area contributed by atoms with Crippen LogP contribution in [0, 0.1) is 0 Å². The van der Waals surface area contributed by atoms with Gasteiger partial charge in [0.15, 0.2) is 0 Å². The lowest BCUT2D eigenvalue weighted by molar-refractivity contribution is -0.125. The Balaban J connectivity index is 1.26. The van der Waals surface area contributed by atoms with Gasteiger partial charge in [0.05, 0.1) is 30.5 Å². The largest absolute Gasteiger partial charge is 0.352 e. The van der Waals surface area contributed by atoms with Crippen LogP contribution < -0.4 is 10.6 Å². The highest BCUT2D eigenvalue weighted by Crippen LogP contribution is 2.12. The molecule has 1 fully saturated rings. The van der Waals surface area contributed by atoms with Crippen LogP contribution in [0.3, 0.4) is 0 Å². The highest BCUT2D eigenvalue weighted by molar-refractivity contribution is 6.01. The Kier molecular flexibility index (Phi) is 5.24. The molecule has 2 heterocycles. The van der Waals surface area contributed by atoms with Crippen LogP contribution in [0.2, 0.25) is 0 Å². The Bertz CT molecular complexity index is 1040. The van der Waals surface area contributed by atoms with E-state index in [2.05, 4.69) is 20.2 Å². The molecule has 0 saturated carbocycles. The molecular weight excluding hydrogens is 370 g/mol. The van der Waals surface area contributed by atoms with Gasteiger partial charge in [0.25, 0.3) is 5.91 Å². The minimum Gasteiger partial charge on any atom is -0.352 e.